The highest BCUT2D eigenvalue weighted by Gasteiger charge is 2.20. The minimum Gasteiger partial charge on any atom is -0.497 e. The molecule has 1 amide bonds. The number of ether oxygens (including phenoxy) is 1. The molecule has 0 saturated heterocycles. The predicted octanol–water partition coefficient (Wildman–Crippen LogP) is 3.69. The zero-order chi connectivity index (χ0) is 22.4. The van der Waals surface area contributed by atoms with Crippen molar-refractivity contribution >= 4 is 29.1 Å². The van der Waals surface area contributed by atoms with E-state index in [9.17, 15) is 9.59 Å². The van der Waals surface area contributed by atoms with Gasteiger partial charge in [-0.1, -0.05) is 37.7 Å². The number of benzene rings is 2. The SMILES string of the molecule is COc1ccc(Cn2nnnc2S[C@H](C)C(=O)c2ccc(NC(=O)C(C)C)cc2)cc1. The molecule has 2 aromatic carbocycles. The second-order valence-electron chi connectivity index (χ2n) is 7.31. The zero-order valence-electron chi connectivity index (χ0n) is 17.9. The van der Waals surface area contributed by atoms with Gasteiger partial charge in [-0.3, -0.25) is 9.59 Å². The van der Waals surface area contributed by atoms with E-state index in [1.165, 1.54) is 11.8 Å². The Morgan fingerprint density at radius 2 is 1.74 bits per heavy atom. The van der Waals surface area contributed by atoms with E-state index < -0.39 is 0 Å². The van der Waals surface area contributed by atoms with Crippen molar-refractivity contribution in [2.24, 2.45) is 5.92 Å². The Morgan fingerprint density at radius 1 is 1.06 bits per heavy atom. The first-order chi connectivity index (χ1) is 14.9. The number of tetrazole rings is 1. The van der Waals surface area contributed by atoms with Gasteiger partial charge in [0.25, 0.3) is 0 Å². The summed E-state index contributed by atoms with van der Waals surface area (Å²) in [6.07, 6.45) is 0. The molecule has 0 bridgehead atoms. The van der Waals surface area contributed by atoms with Crippen molar-refractivity contribution in [3.63, 3.8) is 0 Å². The molecule has 1 N–H and O–H groups in total. The Kier molecular flexibility index (Phi) is 7.41. The van der Waals surface area contributed by atoms with E-state index in [0.29, 0.717) is 23.0 Å². The van der Waals surface area contributed by atoms with Crippen molar-refractivity contribution in [3.8, 4) is 5.75 Å². The molecule has 0 aliphatic heterocycles. The molecule has 1 aromatic heterocycles. The van der Waals surface area contributed by atoms with Gasteiger partial charge in [0.05, 0.1) is 18.9 Å². The largest absolute Gasteiger partial charge is 0.497 e. The second-order valence-corrected chi connectivity index (χ2v) is 8.62. The fourth-order valence-electron chi connectivity index (χ4n) is 2.73. The van der Waals surface area contributed by atoms with Crippen LogP contribution in [0, 0.1) is 5.92 Å². The number of ketones is 1. The molecule has 0 fully saturated rings. The Morgan fingerprint density at radius 3 is 2.35 bits per heavy atom. The molecular weight excluding hydrogens is 414 g/mol. The van der Waals surface area contributed by atoms with Crippen molar-refractivity contribution in [2.45, 2.75) is 37.7 Å². The summed E-state index contributed by atoms with van der Waals surface area (Å²) >= 11 is 1.31. The van der Waals surface area contributed by atoms with E-state index in [4.69, 9.17) is 4.74 Å². The number of thioether (sulfide) groups is 1. The Labute approximate surface area is 185 Å². The maximum absolute atomic E-state index is 12.9. The Balaban J connectivity index is 1.63. The number of carbonyl (C=O) groups excluding carboxylic acids is 2. The molecule has 0 radical (unpaired) electrons. The summed E-state index contributed by atoms with van der Waals surface area (Å²) in [5.74, 6) is 0.572. The van der Waals surface area contributed by atoms with E-state index >= 15 is 0 Å². The van der Waals surface area contributed by atoms with Crippen LogP contribution in [0.3, 0.4) is 0 Å². The fraction of sp³-hybridized carbons (Fsp3) is 0.318. The summed E-state index contributed by atoms with van der Waals surface area (Å²) < 4.78 is 6.84. The highest BCUT2D eigenvalue weighted by atomic mass is 32.2. The number of rotatable bonds is 9. The lowest BCUT2D eigenvalue weighted by Crippen LogP contribution is -2.18. The van der Waals surface area contributed by atoms with Crippen LogP contribution in [0.15, 0.2) is 53.7 Å². The van der Waals surface area contributed by atoms with Crippen molar-refractivity contribution in [2.75, 3.05) is 12.4 Å². The Bertz CT molecular complexity index is 1030. The van der Waals surface area contributed by atoms with Crippen LogP contribution in [-0.2, 0) is 11.3 Å². The third-order valence-electron chi connectivity index (χ3n) is 4.60. The number of methoxy groups -OCH3 is 1. The number of nitrogens with one attached hydrogen (secondary N) is 1. The summed E-state index contributed by atoms with van der Waals surface area (Å²) in [5.41, 5.74) is 2.25. The number of aromatic nitrogens is 4. The molecule has 9 heteroatoms. The molecule has 0 saturated carbocycles. The number of anilines is 1. The van der Waals surface area contributed by atoms with Crippen molar-refractivity contribution in [1.82, 2.24) is 20.2 Å². The lowest BCUT2D eigenvalue weighted by molar-refractivity contribution is -0.118. The molecule has 0 aliphatic carbocycles. The smallest absolute Gasteiger partial charge is 0.226 e. The van der Waals surface area contributed by atoms with Gasteiger partial charge in [-0.2, -0.15) is 0 Å². The molecule has 1 atom stereocenters. The first-order valence-electron chi connectivity index (χ1n) is 9.88. The summed E-state index contributed by atoms with van der Waals surface area (Å²) in [7, 11) is 1.62. The molecule has 8 nitrogen and oxygen atoms in total. The van der Waals surface area contributed by atoms with Crippen LogP contribution >= 0.6 is 11.8 Å². The number of amides is 1. The third-order valence-corrected chi connectivity index (χ3v) is 5.67. The van der Waals surface area contributed by atoms with Gasteiger partial charge in [0.1, 0.15) is 5.75 Å². The van der Waals surface area contributed by atoms with Gasteiger partial charge in [-0.25, -0.2) is 4.68 Å². The van der Waals surface area contributed by atoms with Gasteiger partial charge in [0.2, 0.25) is 11.1 Å². The lowest BCUT2D eigenvalue weighted by atomic mass is 10.1. The van der Waals surface area contributed by atoms with Crippen LogP contribution in [0.5, 0.6) is 5.75 Å². The molecule has 31 heavy (non-hydrogen) atoms. The minimum atomic E-state index is -0.378. The molecular formula is C22H25N5O3S. The molecule has 0 unspecified atom stereocenters. The Hall–Kier alpha value is -3.20. The average Bonchev–Trinajstić information content (AvgIpc) is 3.20. The normalized spacial score (nSPS) is 11.9. The van der Waals surface area contributed by atoms with Gasteiger partial charge in [0.15, 0.2) is 5.78 Å². The topological polar surface area (TPSA) is 99.0 Å². The molecule has 0 aliphatic rings. The van der Waals surface area contributed by atoms with E-state index in [1.54, 1.807) is 36.1 Å². The van der Waals surface area contributed by atoms with Gasteiger partial charge in [0, 0.05) is 17.2 Å². The van der Waals surface area contributed by atoms with Crippen molar-refractivity contribution in [1.29, 1.82) is 0 Å². The highest BCUT2D eigenvalue weighted by molar-refractivity contribution is 8.00. The first-order valence-corrected chi connectivity index (χ1v) is 10.8. The second kappa shape index (κ2) is 10.2. The van der Waals surface area contributed by atoms with Crippen LogP contribution < -0.4 is 10.1 Å². The van der Waals surface area contributed by atoms with Crippen LogP contribution in [0.1, 0.15) is 36.7 Å². The van der Waals surface area contributed by atoms with Gasteiger partial charge in [-0.05, 0) is 59.3 Å². The number of hydrogen-bond donors (Lipinski definition) is 1. The number of hydrogen-bond acceptors (Lipinski definition) is 7. The van der Waals surface area contributed by atoms with Gasteiger partial charge >= 0.3 is 0 Å². The highest BCUT2D eigenvalue weighted by Crippen LogP contribution is 2.25. The van der Waals surface area contributed by atoms with Crippen LogP contribution in [0.25, 0.3) is 0 Å². The number of Topliss-reactive ketones (excluding diaryl/α,β-unsaturated/α-hetero) is 1. The average molecular weight is 440 g/mol. The summed E-state index contributed by atoms with van der Waals surface area (Å²) in [5, 5.41) is 14.9. The standard InChI is InChI=1S/C22H25N5O3S/c1-14(2)21(29)23-18-9-7-17(8-10-18)20(28)15(3)31-22-24-25-26-27(22)13-16-5-11-19(30-4)12-6-16/h5-12,14-15H,13H2,1-4H3,(H,23,29)/t15-/m1/s1. The first kappa shape index (κ1) is 22.5. The summed E-state index contributed by atoms with van der Waals surface area (Å²) in [4.78, 5) is 24.7. The maximum Gasteiger partial charge on any atom is 0.226 e. The number of nitrogens with zero attached hydrogens (tertiary/aromatic N) is 4. The van der Waals surface area contributed by atoms with Gasteiger partial charge < -0.3 is 10.1 Å². The maximum atomic E-state index is 12.9. The molecule has 1 heterocycles. The lowest BCUT2D eigenvalue weighted by Gasteiger charge is -2.12. The monoisotopic (exact) mass is 439 g/mol. The molecule has 0 spiro atoms. The molecule has 3 aromatic rings. The summed E-state index contributed by atoms with van der Waals surface area (Å²) in [6.45, 7) is 5.97. The quantitative estimate of drug-likeness (QED) is 0.401. The van der Waals surface area contributed by atoms with E-state index in [1.807, 2.05) is 45.0 Å². The minimum absolute atomic E-state index is 0.0364. The van der Waals surface area contributed by atoms with E-state index in [0.717, 1.165) is 11.3 Å². The van der Waals surface area contributed by atoms with Crippen molar-refractivity contribution in [3.05, 3.63) is 59.7 Å². The van der Waals surface area contributed by atoms with Crippen LogP contribution in [0.2, 0.25) is 0 Å². The summed E-state index contributed by atoms with van der Waals surface area (Å²) in [6, 6.07) is 14.6. The van der Waals surface area contributed by atoms with E-state index in [-0.39, 0.29) is 22.9 Å². The molecule has 3 rings (SSSR count). The van der Waals surface area contributed by atoms with Crippen molar-refractivity contribution < 1.29 is 14.3 Å². The van der Waals surface area contributed by atoms with Crippen LogP contribution in [0.4, 0.5) is 5.69 Å². The van der Waals surface area contributed by atoms with Gasteiger partial charge in [-0.15, -0.1) is 5.10 Å². The van der Waals surface area contributed by atoms with E-state index in [2.05, 4.69) is 20.8 Å². The predicted molar refractivity (Wildman–Crippen MR) is 119 cm³/mol. The fourth-order valence-corrected chi connectivity index (χ4v) is 3.60. The third kappa shape index (κ3) is 5.91. The molecule has 162 valence electrons. The van der Waals surface area contributed by atoms with Crippen LogP contribution in [-0.4, -0.2) is 44.3 Å². The zero-order valence-corrected chi connectivity index (χ0v) is 18.7. The number of carbonyl (C=O) groups is 2.